The van der Waals surface area contributed by atoms with Crippen molar-refractivity contribution < 1.29 is 14.7 Å². The number of unbranched alkanes of at least 4 members (excludes halogenated alkanes) is 11. The number of rotatable bonds is 19. The summed E-state index contributed by atoms with van der Waals surface area (Å²) in [5.41, 5.74) is 1.73. The molecule has 0 fully saturated rings. The van der Waals surface area contributed by atoms with Gasteiger partial charge in [-0.15, -0.1) is 0 Å². The highest BCUT2D eigenvalue weighted by Crippen LogP contribution is 2.30. The number of carboxylic acids is 1. The Balaban J connectivity index is 2.39. The van der Waals surface area contributed by atoms with Gasteiger partial charge in [-0.3, -0.25) is 4.79 Å². The number of carbonyl (C=O) groups is 2. The van der Waals surface area contributed by atoms with E-state index in [1.807, 2.05) is 24.3 Å². The Morgan fingerprint density at radius 1 is 0.742 bits per heavy atom. The summed E-state index contributed by atoms with van der Waals surface area (Å²) in [5, 5.41) is 8.81. The molecule has 1 atom stereocenters. The predicted octanol–water partition coefficient (Wildman–Crippen LogP) is 8.49. The normalized spacial score (nSPS) is 12.3. The number of carbonyl (C=O) groups excluding carboxylic acids is 1. The second-order valence-electron chi connectivity index (χ2n) is 8.79. The highest BCUT2D eigenvalue weighted by atomic mass is 16.4. The van der Waals surface area contributed by atoms with Gasteiger partial charge in [0.15, 0.2) is 5.78 Å². The molecule has 1 rings (SSSR count). The minimum atomic E-state index is -1.09. The topological polar surface area (TPSA) is 54.4 Å². The van der Waals surface area contributed by atoms with Gasteiger partial charge in [-0.05, 0) is 30.4 Å². The van der Waals surface area contributed by atoms with Crippen molar-refractivity contribution in [2.75, 3.05) is 0 Å². The molecule has 1 N–H and O–H groups in total. The maximum absolute atomic E-state index is 12.5. The number of aliphatic carboxylic acids is 1. The largest absolute Gasteiger partial charge is 0.478 e. The monoisotopic (exact) mass is 428 g/mol. The molecule has 0 saturated carbocycles. The van der Waals surface area contributed by atoms with Gasteiger partial charge in [-0.2, -0.15) is 0 Å². The lowest BCUT2D eigenvalue weighted by Crippen LogP contribution is -2.07. The van der Waals surface area contributed by atoms with Crippen LogP contribution in [0, 0.1) is 0 Å². The third-order valence-corrected chi connectivity index (χ3v) is 6.09. The number of ketones is 1. The van der Waals surface area contributed by atoms with Gasteiger partial charge in [0.05, 0.1) is 0 Å². The first kappa shape index (κ1) is 27.1. The Labute approximate surface area is 190 Å². The van der Waals surface area contributed by atoms with Gasteiger partial charge in [0, 0.05) is 11.6 Å². The molecule has 174 valence electrons. The Morgan fingerprint density at radius 3 is 1.84 bits per heavy atom. The summed E-state index contributed by atoms with van der Waals surface area (Å²) in [4.78, 5) is 23.3. The maximum atomic E-state index is 12.5. The molecular weight excluding hydrogens is 384 g/mol. The highest BCUT2D eigenvalue weighted by Gasteiger charge is 2.17. The van der Waals surface area contributed by atoms with E-state index >= 15 is 0 Å². The highest BCUT2D eigenvalue weighted by molar-refractivity contribution is 6.07. The lowest BCUT2D eigenvalue weighted by atomic mass is 9.85. The molecule has 31 heavy (non-hydrogen) atoms. The molecule has 0 heterocycles. The smallest absolute Gasteiger partial charge is 0.328 e. The fourth-order valence-corrected chi connectivity index (χ4v) is 4.35. The van der Waals surface area contributed by atoms with Crippen LogP contribution in [0.15, 0.2) is 36.4 Å². The Kier molecular flexibility index (Phi) is 15.5. The predicted molar refractivity (Wildman–Crippen MR) is 131 cm³/mol. The van der Waals surface area contributed by atoms with Gasteiger partial charge in [0.25, 0.3) is 0 Å². The van der Waals surface area contributed by atoms with Crippen molar-refractivity contribution in [2.45, 2.75) is 116 Å². The quantitative estimate of drug-likeness (QED) is 0.136. The molecule has 0 aliphatic rings. The molecule has 0 saturated heterocycles. The molecule has 0 spiro atoms. The van der Waals surface area contributed by atoms with Gasteiger partial charge in [0.1, 0.15) is 0 Å². The SMILES string of the molecule is CCCCCCCCCCCCCCC(CCC)c1ccccc1C(=O)C=CC(=O)O. The van der Waals surface area contributed by atoms with E-state index in [4.69, 9.17) is 5.11 Å². The second kappa shape index (κ2) is 17.7. The molecule has 1 aromatic rings. The van der Waals surface area contributed by atoms with Crippen LogP contribution in [-0.4, -0.2) is 16.9 Å². The summed E-state index contributed by atoms with van der Waals surface area (Å²) in [5.74, 6) is -0.937. The van der Waals surface area contributed by atoms with E-state index in [9.17, 15) is 9.59 Å². The van der Waals surface area contributed by atoms with E-state index in [-0.39, 0.29) is 5.78 Å². The number of benzene rings is 1. The summed E-state index contributed by atoms with van der Waals surface area (Å²) in [6, 6.07) is 7.72. The van der Waals surface area contributed by atoms with Crippen LogP contribution < -0.4 is 0 Å². The summed E-state index contributed by atoms with van der Waals surface area (Å²) >= 11 is 0. The minimum absolute atomic E-state index is 0.214. The molecule has 0 aliphatic heterocycles. The number of hydrogen-bond donors (Lipinski definition) is 1. The molecule has 0 aliphatic carbocycles. The van der Waals surface area contributed by atoms with Crippen molar-refractivity contribution in [3.05, 3.63) is 47.5 Å². The van der Waals surface area contributed by atoms with E-state index in [0.29, 0.717) is 11.5 Å². The fourth-order valence-electron chi connectivity index (χ4n) is 4.35. The third kappa shape index (κ3) is 12.5. The summed E-state index contributed by atoms with van der Waals surface area (Å²) in [6.07, 6.45) is 21.5. The zero-order chi connectivity index (χ0) is 22.7. The van der Waals surface area contributed by atoms with Crippen LogP contribution in [0.5, 0.6) is 0 Å². The van der Waals surface area contributed by atoms with Crippen LogP contribution in [-0.2, 0) is 4.79 Å². The van der Waals surface area contributed by atoms with Crippen LogP contribution in [0.3, 0.4) is 0 Å². The molecule has 3 heteroatoms. The van der Waals surface area contributed by atoms with Crippen molar-refractivity contribution in [3.8, 4) is 0 Å². The standard InChI is InChI=1S/C28H44O3/c1-3-5-6-7-8-9-10-11-12-13-14-15-19-24(18-4-2)25-20-16-17-21-26(25)27(29)22-23-28(30)31/h16-17,20-24H,3-15,18-19H2,1-2H3,(H,30,31). The van der Waals surface area contributed by atoms with Crippen LogP contribution in [0.4, 0.5) is 0 Å². The Bertz CT molecular complexity index is 647. The molecule has 1 aromatic carbocycles. The van der Waals surface area contributed by atoms with E-state index in [2.05, 4.69) is 13.8 Å². The lowest BCUT2D eigenvalue weighted by molar-refractivity contribution is -0.131. The van der Waals surface area contributed by atoms with Crippen LogP contribution >= 0.6 is 0 Å². The van der Waals surface area contributed by atoms with Crippen LogP contribution in [0.2, 0.25) is 0 Å². The molecule has 3 nitrogen and oxygen atoms in total. The first-order chi connectivity index (χ1) is 15.1. The van der Waals surface area contributed by atoms with Crippen molar-refractivity contribution >= 4 is 11.8 Å². The first-order valence-electron chi connectivity index (χ1n) is 12.6. The van der Waals surface area contributed by atoms with E-state index in [1.54, 1.807) is 0 Å². The van der Waals surface area contributed by atoms with Gasteiger partial charge in [0.2, 0.25) is 0 Å². The summed E-state index contributed by atoms with van der Waals surface area (Å²) < 4.78 is 0. The van der Waals surface area contributed by atoms with Crippen molar-refractivity contribution in [3.63, 3.8) is 0 Å². The first-order valence-corrected chi connectivity index (χ1v) is 12.6. The molecule has 0 amide bonds. The average Bonchev–Trinajstić information content (AvgIpc) is 2.77. The maximum Gasteiger partial charge on any atom is 0.328 e. The van der Waals surface area contributed by atoms with E-state index in [1.165, 1.54) is 83.1 Å². The summed E-state index contributed by atoms with van der Waals surface area (Å²) in [7, 11) is 0. The van der Waals surface area contributed by atoms with Gasteiger partial charge in [-0.25, -0.2) is 4.79 Å². The number of carboxylic acid groups (broad SMARTS) is 1. The van der Waals surface area contributed by atoms with Crippen LogP contribution in [0.25, 0.3) is 0 Å². The molecule has 0 aromatic heterocycles. The average molecular weight is 429 g/mol. The second-order valence-corrected chi connectivity index (χ2v) is 8.79. The zero-order valence-corrected chi connectivity index (χ0v) is 19.9. The third-order valence-electron chi connectivity index (χ3n) is 6.09. The number of allylic oxidation sites excluding steroid dienone is 1. The molecule has 1 unspecified atom stereocenters. The Morgan fingerprint density at radius 2 is 1.29 bits per heavy atom. The van der Waals surface area contributed by atoms with Crippen LogP contribution in [0.1, 0.15) is 132 Å². The van der Waals surface area contributed by atoms with E-state index in [0.717, 1.165) is 30.9 Å². The Hall–Kier alpha value is -1.90. The molecule has 0 bridgehead atoms. The van der Waals surface area contributed by atoms with Crippen molar-refractivity contribution in [1.82, 2.24) is 0 Å². The molecular formula is C28H44O3. The van der Waals surface area contributed by atoms with Crippen molar-refractivity contribution in [2.24, 2.45) is 0 Å². The van der Waals surface area contributed by atoms with Gasteiger partial charge >= 0.3 is 5.97 Å². The number of hydrogen-bond acceptors (Lipinski definition) is 2. The van der Waals surface area contributed by atoms with Crippen molar-refractivity contribution in [1.29, 1.82) is 0 Å². The van der Waals surface area contributed by atoms with Gasteiger partial charge in [-0.1, -0.05) is 122 Å². The summed E-state index contributed by atoms with van der Waals surface area (Å²) in [6.45, 7) is 4.45. The van der Waals surface area contributed by atoms with Gasteiger partial charge < -0.3 is 5.11 Å². The fraction of sp³-hybridized carbons (Fsp3) is 0.643. The minimum Gasteiger partial charge on any atom is -0.478 e. The molecule has 0 radical (unpaired) electrons. The lowest BCUT2D eigenvalue weighted by Gasteiger charge is -2.19. The zero-order valence-electron chi connectivity index (χ0n) is 19.9. The van der Waals surface area contributed by atoms with E-state index < -0.39 is 5.97 Å².